The maximum absolute atomic E-state index is 12.9. The van der Waals surface area contributed by atoms with Crippen LogP contribution in [0.4, 0.5) is 0 Å². The molecule has 9 heteroatoms. The molecule has 0 aliphatic carbocycles. The maximum Gasteiger partial charge on any atom is 0.268 e. The summed E-state index contributed by atoms with van der Waals surface area (Å²) in [6, 6.07) is -0.792. The average molecular weight is 775 g/mol. The third-order valence-electron chi connectivity index (χ3n) is 10.6. The number of hydrogen-bond donors (Lipinski definition) is 2. The fourth-order valence-corrected chi connectivity index (χ4v) is 7.65. The van der Waals surface area contributed by atoms with Gasteiger partial charge >= 0.3 is 0 Å². The van der Waals surface area contributed by atoms with Gasteiger partial charge in [0.05, 0.1) is 39.9 Å². The molecule has 53 heavy (non-hydrogen) atoms. The molecule has 8 nitrogen and oxygen atoms in total. The molecular weight excluding hydrogens is 683 g/mol. The molecule has 0 radical (unpaired) electrons. The fourth-order valence-electron chi connectivity index (χ4n) is 6.92. The Hall–Kier alpha value is -0.500. The van der Waals surface area contributed by atoms with Crippen molar-refractivity contribution in [3.63, 3.8) is 0 Å². The SMILES string of the molecule is CCCCCCCCCCCCCCCCCCCC(=O)NC(COP(=O)([O-])OCC[N+](C)(C)C)C(O)CCCCCCCCCCCCCCCC. The number of nitrogens with one attached hydrogen (secondary N) is 1. The van der Waals surface area contributed by atoms with Crippen LogP contribution in [0, 0.1) is 0 Å². The Morgan fingerprint density at radius 2 is 0.925 bits per heavy atom. The summed E-state index contributed by atoms with van der Waals surface area (Å²) in [7, 11) is 1.32. The molecule has 318 valence electrons. The van der Waals surface area contributed by atoms with Gasteiger partial charge in [-0.3, -0.25) is 9.36 Å². The van der Waals surface area contributed by atoms with E-state index < -0.39 is 20.0 Å². The molecule has 0 fully saturated rings. The highest BCUT2D eigenvalue weighted by molar-refractivity contribution is 7.45. The molecule has 0 aliphatic rings. The summed E-state index contributed by atoms with van der Waals surface area (Å²) < 4.78 is 23.3. The van der Waals surface area contributed by atoms with Gasteiger partial charge < -0.3 is 28.8 Å². The van der Waals surface area contributed by atoms with Crippen molar-refractivity contribution in [2.24, 2.45) is 0 Å². The van der Waals surface area contributed by atoms with Crippen molar-refractivity contribution in [3.05, 3.63) is 0 Å². The summed E-state index contributed by atoms with van der Waals surface area (Å²) in [5.41, 5.74) is 0. The third-order valence-corrected chi connectivity index (χ3v) is 11.6. The molecule has 2 N–H and O–H groups in total. The Bertz CT molecular complexity index is 839. The molecule has 0 bridgehead atoms. The van der Waals surface area contributed by atoms with Gasteiger partial charge in [-0.1, -0.05) is 206 Å². The van der Waals surface area contributed by atoms with E-state index in [9.17, 15) is 19.4 Å². The van der Waals surface area contributed by atoms with Crippen molar-refractivity contribution >= 4 is 13.7 Å². The number of carbonyl (C=O) groups excluding carboxylic acids is 1. The minimum atomic E-state index is -4.56. The normalized spacial score (nSPS) is 14.3. The molecule has 3 atom stereocenters. The van der Waals surface area contributed by atoms with Gasteiger partial charge in [-0.15, -0.1) is 0 Å². The lowest BCUT2D eigenvalue weighted by molar-refractivity contribution is -0.870. The molecule has 0 aliphatic heterocycles. The Balaban J connectivity index is 4.30. The Morgan fingerprint density at radius 3 is 1.28 bits per heavy atom. The van der Waals surface area contributed by atoms with E-state index in [4.69, 9.17) is 9.05 Å². The summed E-state index contributed by atoms with van der Waals surface area (Å²) in [6.45, 7) is 4.74. The van der Waals surface area contributed by atoms with E-state index in [-0.39, 0.29) is 19.1 Å². The number of hydrogen-bond acceptors (Lipinski definition) is 6. The van der Waals surface area contributed by atoms with Gasteiger partial charge in [0.15, 0.2) is 0 Å². The number of quaternary nitrogens is 1. The van der Waals surface area contributed by atoms with E-state index >= 15 is 0 Å². The lowest BCUT2D eigenvalue weighted by Gasteiger charge is -2.30. The fraction of sp³-hybridized carbons (Fsp3) is 0.977. The van der Waals surface area contributed by atoms with Crippen molar-refractivity contribution in [1.29, 1.82) is 0 Å². The molecule has 1 amide bonds. The zero-order valence-corrected chi connectivity index (χ0v) is 36.9. The van der Waals surface area contributed by atoms with Gasteiger partial charge in [-0.2, -0.15) is 0 Å². The Kier molecular flexibility index (Phi) is 36.7. The topological polar surface area (TPSA) is 108 Å². The largest absolute Gasteiger partial charge is 0.756 e. The predicted octanol–water partition coefficient (Wildman–Crippen LogP) is 12.0. The van der Waals surface area contributed by atoms with Gasteiger partial charge in [0.2, 0.25) is 5.91 Å². The number of phosphoric ester groups is 1. The highest BCUT2D eigenvalue weighted by Gasteiger charge is 2.24. The number of amides is 1. The van der Waals surface area contributed by atoms with E-state index in [0.717, 1.165) is 38.5 Å². The molecule has 0 heterocycles. The van der Waals surface area contributed by atoms with Crippen LogP contribution in [0.5, 0.6) is 0 Å². The summed E-state index contributed by atoms with van der Waals surface area (Å²) in [6.07, 6.45) is 39.5. The Morgan fingerprint density at radius 1 is 0.585 bits per heavy atom. The molecule has 0 saturated carbocycles. The second-order valence-corrected chi connectivity index (χ2v) is 18.5. The lowest BCUT2D eigenvalue weighted by atomic mass is 10.0. The molecule has 0 saturated heterocycles. The number of rotatable bonds is 42. The van der Waals surface area contributed by atoms with Crippen LogP contribution >= 0.6 is 7.82 Å². The van der Waals surface area contributed by atoms with Gasteiger partial charge in [0.1, 0.15) is 13.2 Å². The van der Waals surface area contributed by atoms with Crippen LogP contribution < -0.4 is 10.2 Å². The molecular formula is C44H91N2O6P. The van der Waals surface area contributed by atoms with Gasteiger partial charge in [0.25, 0.3) is 7.82 Å². The van der Waals surface area contributed by atoms with Gasteiger partial charge in [-0.05, 0) is 12.8 Å². The number of carbonyl (C=O) groups is 1. The van der Waals surface area contributed by atoms with E-state index in [1.807, 2.05) is 21.1 Å². The predicted molar refractivity (Wildman–Crippen MR) is 224 cm³/mol. The van der Waals surface area contributed by atoms with Crippen molar-refractivity contribution < 1.29 is 32.9 Å². The molecule has 0 aromatic carbocycles. The minimum Gasteiger partial charge on any atom is -0.756 e. The first-order valence-electron chi connectivity index (χ1n) is 22.9. The average Bonchev–Trinajstić information content (AvgIpc) is 3.10. The summed E-state index contributed by atoms with van der Waals surface area (Å²) in [5, 5.41) is 13.9. The number of nitrogens with zero attached hydrogens (tertiary/aromatic N) is 1. The van der Waals surface area contributed by atoms with Crippen LogP contribution in [0.3, 0.4) is 0 Å². The summed E-state index contributed by atoms with van der Waals surface area (Å²) in [5.74, 6) is -0.161. The zero-order chi connectivity index (χ0) is 39.3. The van der Waals surface area contributed by atoms with E-state index in [1.165, 1.54) is 161 Å². The smallest absolute Gasteiger partial charge is 0.268 e. The van der Waals surface area contributed by atoms with Gasteiger partial charge in [-0.25, -0.2) is 0 Å². The molecule has 0 aromatic heterocycles. The summed E-state index contributed by atoms with van der Waals surface area (Å²) >= 11 is 0. The molecule has 0 rings (SSSR count). The van der Waals surface area contributed by atoms with Crippen LogP contribution in [-0.2, 0) is 18.4 Å². The van der Waals surface area contributed by atoms with Crippen LogP contribution in [-0.4, -0.2) is 68.5 Å². The maximum atomic E-state index is 12.9. The first-order chi connectivity index (χ1) is 25.5. The number of unbranched alkanes of at least 4 members (excludes halogenated alkanes) is 29. The minimum absolute atomic E-state index is 0.0161. The quantitative estimate of drug-likeness (QED) is 0.0363. The lowest BCUT2D eigenvalue weighted by Crippen LogP contribution is -2.46. The standard InChI is InChI=1S/C44H91N2O6P/c1-6-8-10-12-14-16-18-20-22-23-24-26-28-30-32-34-36-38-44(48)45-42(41-52-53(49,50)51-40-39-46(3,4)5)43(47)37-35-33-31-29-27-25-21-19-17-15-13-11-9-7-2/h42-43,47H,6-41H2,1-5H3,(H-,45,48,49,50). The van der Waals surface area contributed by atoms with Crippen LogP contribution in [0.15, 0.2) is 0 Å². The molecule has 3 unspecified atom stereocenters. The highest BCUT2D eigenvalue weighted by Crippen LogP contribution is 2.38. The highest BCUT2D eigenvalue weighted by atomic mass is 31.2. The van der Waals surface area contributed by atoms with E-state index in [0.29, 0.717) is 23.9 Å². The number of likely N-dealkylation sites (N-methyl/N-ethyl adjacent to an activating group) is 1. The molecule has 0 aromatic rings. The number of aliphatic hydroxyl groups is 1. The molecule has 0 spiro atoms. The number of phosphoric acid groups is 1. The first kappa shape index (κ1) is 52.5. The van der Waals surface area contributed by atoms with Gasteiger partial charge in [0, 0.05) is 6.42 Å². The van der Waals surface area contributed by atoms with Crippen LogP contribution in [0.2, 0.25) is 0 Å². The zero-order valence-electron chi connectivity index (χ0n) is 36.0. The monoisotopic (exact) mass is 775 g/mol. The van der Waals surface area contributed by atoms with E-state index in [1.54, 1.807) is 0 Å². The first-order valence-corrected chi connectivity index (χ1v) is 24.3. The summed E-state index contributed by atoms with van der Waals surface area (Å²) in [4.78, 5) is 25.3. The van der Waals surface area contributed by atoms with Crippen molar-refractivity contribution in [3.8, 4) is 0 Å². The van der Waals surface area contributed by atoms with Crippen molar-refractivity contribution in [2.45, 2.75) is 238 Å². The van der Waals surface area contributed by atoms with Crippen molar-refractivity contribution in [1.82, 2.24) is 5.32 Å². The Labute approximate surface area is 329 Å². The third kappa shape index (κ3) is 39.5. The van der Waals surface area contributed by atoms with Crippen molar-refractivity contribution in [2.75, 3.05) is 40.9 Å². The van der Waals surface area contributed by atoms with Crippen LogP contribution in [0.25, 0.3) is 0 Å². The second kappa shape index (κ2) is 37.1. The van der Waals surface area contributed by atoms with E-state index in [2.05, 4.69) is 19.2 Å². The van der Waals surface area contributed by atoms with Crippen LogP contribution in [0.1, 0.15) is 226 Å². The second-order valence-electron chi connectivity index (χ2n) is 17.1. The number of aliphatic hydroxyl groups excluding tert-OH is 1.